The minimum atomic E-state index is 0.208. The highest BCUT2D eigenvalue weighted by Gasteiger charge is 2.41. The van der Waals surface area contributed by atoms with E-state index in [0.717, 1.165) is 37.6 Å². The van der Waals surface area contributed by atoms with Crippen molar-refractivity contribution < 1.29 is 9.53 Å². The van der Waals surface area contributed by atoms with Crippen LogP contribution >= 0.6 is 11.8 Å². The fraction of sp³-hybridized carbons (Fsp3) is 0.684. The molecule has 6 heteroatoms. The standard InChI is InChI=1S/C19H29N3O2S/c1-24-11-10-22-15-19(8-6-18(22)23)7-3-9-21(14-19)17-5-4-16(12-20-17)13-25-2/h4-5,12H,3,6-11,13-15H2,1-2H3/t19-/m0/s1. The fourth-order valence-corrected chi connectivity index (χ4v) is 4.60. The number of anilines is 1. The first-order chi connectivity index (χ1) is 12.2. The molecule has 3 rings (SSSR count). The molecule has 0 aliphatic carbocycles. The van der Waals surface area contributed by atoms with E-state index in [-0.39, 0.29) is 11.3 Å². The van der Waals surface area contributed by atoms with Crippen LogP contribution in [0.1, 0.15) is 31.2 Å². The fourth-order valence-electron chi connectivity index (χ4n) is 4.10. The molecule has 1 atom stereocenters. The van der Waals surface area contributed by atoms with Gasteiger partial charge in [-0.25, -0.2) is 4.98 Å². The molecule has 5 nitrogen and oxygen atoms in total. The number of thioether (sulfide) groups is 1. The first-order valence-electron chi connectivity index (χ1n) is 9.11. The first-order valence-corrected chi connectivity index (χ1v) is 10.5. The van der Waals surface area contributed by atoms with Crippen LogP contribution < -0.4 is 4.90 Å². The van der Waals surface area contributed by atoms with E-state index in [4.69, 9.17) is 9.72 Å². The number of piperidine rings is 2. The lowest BCUT2D eigenvalue weighted by molar-refractivity contribution is -0.138. The SMILES string of the molecule is COCCN1C[C@@]2(CCCN(c3ccc(CSC)cn3)C2)CCC1=O. The molecule has 2 aliphatic heterocycles. The predicted octanol–water partition coefficient (Wildman–Crippen LogP) is 2.80. The molecule has 2 fully saturated rings. The van der Waals surface area contributed by atoms with Crippen molar-refractivity contribution in [2.45, 2.75) is 31.4 Å². The number of nitrogens with zero attached hydrogens (tertiary/aromatic N) is 3. The molecule has 2 saturated heterocycles. The van der Waals surface area contributed by atoms with Gasteiger partial charge in [-0.15, -0.1) is 0 Å². The molecule has 1 amide bonds. The predicted molar refractivity (Wildman–Crippen MR) is 103 cm³/mol. The Balaban J connectivity index is 1.68. The summed E-state index contributed by atoms with van der Waals surface area (Å²) in [5.74, 6) is 2.36. The number of rotatable bonds is 6. The third kappa shape index (κ3) is 4.47. The maximum absolute atomic E-state index is 12.2. The number of amides is 1. The van der Waals surface area contributed by atoms with Crippen LogP contribution in [-0.4, -0.2) is 61.9 Å². The van der Waals surface area contributed by atoms with Crippen LogP contribution in [0.5, 0.6) is 0 Å². The largest absolute Gasteiger partial charge is 0.383 e. The van der Waals surface area contributed by atoms with E-state index in [2.05, 4.69) is 23.3 Å². The van der Waals surface area contributed by atoms with Crippen molar-refractivity contribution in [3.8, 4) is 0 Å². The lowest BCUT2D eigenvalue weighted by atomic mass is 9.73. The summed E-state index contributed by atoms with van der Waals surface area (Å²) in [4.78, 5) is 21.3. The van der Waals surface area contributed by atoms with Crippen molar-refractivity contribution in [3.05, 3.63) is 23.9 Å². The third-order valence-corrected chi connectivity index (χ3v) is 6.04. The van der Waals surface area contributed by atoms with Crippen LogP contribution in [0, 0.1) is 5.41 Å². The van der Waals surface area contributed by atoms with Crippen LogP contribution in [0.2, 0.25) is 0 Å². The van der Waals surface area contributed by atoms with Crippen molar-refractivity contribution >= 4 is 23.5 Å². The number of likely N-dealkylation sites (tertiary alicyclic amines) is 1. The van der Waals surface area contributed by atoms with Gasteiger partial charge in [-0.1, -0.05) is 6.07 Å². The van der Waals surface area contributed by atoms with Crippen LogP contribution in [0.3, 0.4) is 0 Å². The minimum Gasteiger partial charge on any atom is -0.383 e. The zero-order chi connectivity index (χ0) is 17.7. The molecule has 1 aromatic heterocycles. The number of hydrogen-bond acceptors (Lipinski definition) is 5. The Hall–Kier alpha value is -1.27. The highest BCUT2D eigenvalue weighted by atomic mass is 32.2. The molecule has 0 N–H and O–H groups in total. The summed E-state index contributed by atoms with van der Waals surface area (Å²) in [7, 11) is 1.69. The van der Waals surface area contributed by atoms with Crippen LogP contribution in [0.15, 0.2) is 18.3 Å². The van der Waals surface area contributed by atoms with Crippen LogP contribution in [-0.2, 0) is 15.3 Å². The van der Waals surface area contributed by atoms with E-state index in [9.17, 15) is 4.79 Å². The summed E-state index contributed by atoms with van der Waals surface area (Å²) < 4.78 is 5.17. The molecule has 0 radical (unpaired) electrons. The van der Waals surface area contributed by atoms with Gasteiger partial charge in [0.15, 0.2) is 0 Å². The van der Waals surface area contributed by atoms with E-state index in [1.807, 2.05) is 22.9 Å². The van der Waals surface area contributed by atoms with E-state index in [0.29, 0.717) is 19.6 Å². The molecule has 1 spiro atoms. The Morgan fingerprint density at radius 3 is 2.92 bits per heavy atom. The average molecular weight is 364 g/mol. The van der Waals surface area contributed by atoms with E-state index >= 15 is 0 Å². The number of methoxy groups -OCH3 is 1. The summed E-state index contributed by atoms with van der Waals surface area (Å²) in [5, 5.41) is 0. The van der Waals surface area contributed by atoms with Gasteiger partial charge in [-0.3, -0.25) is 4.79 Å². The van der Waals surface area contributed by atoms with Gasteiger partial charge in [0.1, 0.15) is 5.82 Å². The molecule has 138 valence electrons. The van der Waals surface area contributed by atoms with Gasteiger partial charge in [0, 0.05) is 57.1 Å². The molecule has 3 heterocycles. The monoisotopic (exact) mass is 363 g/mol. The molecule has 0 bridgehead atoms. The summed E-state index contributed by atoms with van der Waals surface area (Å²) in [6, 6.07) is 4.34. The molecular weight excluding hydrogens is 334 g/mol. The highest BCUT2D eigenvalue weighted by molar-refractivity contribution is 7.97. The molecular formula is C19H29N3O2S. The Labute approximate surface area is 155 Å². The summed E-state index contributed by atoms with van der Waals surface area (Å²) in [5.41, 5.74) is 1.48. The number of carbonyl (C=O) groups is 1. The van der Waals surface area contributed by atoms with E-state index in [1.54, 1.807) is 7.11 Å². The Kier molecular flexibility index (Phi) is 6.23. The normalized spacial score (nSPS) is 24.2. The van der Waals surface area contributed by atoms with Gasteiger partial charge in [-0.05, 0) is 37.1 Å². The van der Waals surface area contributed by atoms with Gasteiger partial charge in [0.05, 0.1) is 6.61 Å². The maximum atomic E-state index is 12.2. The number of hydrogen-bond donors (Lipinski definition) is 0. The topological polar surface area (TPSA) is 45.7 Å². The second-order valence-electron chi connectivity index (χ2n) is 7.29. The van der Waals surface area contributed by atoms with Crippen molar-refractivity contribution in [1.29, 1.82) is 0 Å². The molecule has 0 saturated carbocycles. The zero-order valence-corrected chi connectivity index (χ0v) is 16.2. The lowest BCUT2D eigenvalue weighted by Gasteiger charge is -2.48. The number of aromatic nitrogens is 1. The van der Waals surface area contributed by atoms with Gasteiger partial charge in [0.2, 0.25) is 5.91 Å². The number of pyridine rings is 1. The molecule has 0 aromatic carbocycles. The minimum absolute atomic E-state index is 0.208. The summed E-state index contributed by atoms with van der Waals surface area (Å²) >= 11 is 1.82. The Morgan fingerprint density at radius 2 is 2.20 bits per heavy atom. The zero-order valence-electron chi connectivity index (χ0n) is 15.4. The quantitative estimate of drug-likeness (QED) is 0.778. The average Bonchev–Trinajstić information content (AvgIpc) is 2.64. The maximum Gasteiger partial charge on any atom is 0.222 e. The van der Waals surface area contributed by atoms with Crippen molar-refractivity contribution in [2.75, 3.05) is 51.1 Å². The van der Waals surface area contributed by atoms with Gasteiger partial charge in [0.25, 0.3) is 0 Å². The van der Waals surface area contributed by atoms with Crippen molar-refractivity contribution in [1.82, 2.24) is 9.88 Å². The van der Waals surface area contributed by atoms with E-state index in [1.165, 1.54) is 18.4 Å². The van der Waals surface area contributed by atoms with Gasteiger partial charge < -0.3 is 14.5 Å². The van der Waals surface area contributed by atoms with E-state index < -0.39 is 0 Å². The first kappa shape index (κ1) is 18.5. The second kappa shape index (κ2) is 8.41. The van der Waals surface area contributed by atoms with Gasteiger partial charge >= 0.3 is 0 Å². The Morgan fingerprint density at radius 1 is 1.32 bits per heavy atom. The molecule has 2 aliphatic rings. The van der Waals surface area contributed by atoms with Crippen molar-refractivity contribution in [2.24, 2.45) is 5.41 Å². The van der Waals surface area contributed by atoms with Crippen LogP contribution in [0.25, 0.3) is 0 Å². The second-order valence-corrected chi connectivity index (χ2v) is 8.16. The smallest absolute Gasteiger partial charge is 0.222 e. The molecule has 1 aromatic rings. The van der Waals surface area contributed by atoms with Crippen LogP contribution in [0.4, 0.5) is 5.82 Å². The highest BCUT2D eigenvalue weighted by Crippen LogP contribution is 2.39. The summed E-state index contributed by atoms with van der Waals surface area (Å²) in [6.45, 7) is 4.24. The Bertz CT molecular complexity index is 581. The van der Waals surface area contributed by atoms with Crippen molar-refractivity contribution in [3.63, 3.8) is 0 Å². The molecule has 25 heavy (non-hydrogen) atoms. The third-order valence-electron chi connectivity index (χ3n) is 5.42. The number of ether oxygens (including phenoxy) is 1. The molecule has 0 unspecified atom stereocenters. The number of carbonyl (C=O) groups excluding carboxylic acids is 1. The van der Waals surface area contributed by atoms with Gasteiger partial charge in [-0.2, -0.15) is 11.8 Å². The lowest BCUT2D eigenvalue weighted by Crippen LogP contribution is -2.54. The summed E-state index contributed by atoms with van der Waals surface area (Å²) in [6.07, 6.45) is 8.14.